The van der Waals surface area contributed by atoms with E-state index < -0.39 is 6.04 Å². The molecule has 1 atom stereocenters. The summed E-state index contributed by atoms with van der Waals surface area (Å²) in [4.78, 5) is 27.6. The molecule has 0 saturated heterocycles. The van der Waals surface area contributed by atoms with Gasteiger partial charge in [-0.05, 0) is 49.9 Å². The maximum absolute atomic E-state index is 13.2. The van der Waals surface area contributed by atoms with Crippen LogP contribution in [0.5, 0.6) is 0 Å². The second-order valence-corrected chi connectivity index (χ2v) is 8.17. The zero-order valence-corrected chi connectivity index (χ0v) is 18.6. The average Bonchev–Trinajstić information content (AvgIpc) is 2.68. The number of rotatable bonds is 9. The van der Waals surface area contributed by atoms with Gasteiger partial charge in [-0.2, -0.15) is 0 Å². The smallest absolute Gasteiger partial charge is 0.243 e. The quantitative estimate of drug-likeness (QED) is 0.584. The lowest BCUT2D eigenvalue weighted by Crippen LogP contribution is -2.50. The van der Waals surface area contributed by atoms with E-state index >= 15 is 0 Å². The van der Waals surface area contributed by atoms with Crippen LogP contribution in [0.1, 0.15) is 44.7 Å². The third kappa shape index (κ3) is 7.06. The number of carbonyl (C=O) groups excluding carboxylic acids is 2. The fourth-order valence-electron chi connectivity index (χ4n) is 3.17. The summed E-state index contributed by atoms with van der Waals surface area (Å²) in [6.07, 6.45) is 1.45. The first-order valence-electron chi connectivity index (χ1n) is 9.89. The largest absolute Gasteiger partial charge is 0.352 e. The Morgan fingerprint density at radius 2 is 1.76 bits per heavy atom. The molecular formula is C23H28Cl2N2O2. The summed E-state index contributed by atoms with van der Waals surface area (Å²) in [5.74, 6) is -0.230. The molecule has 29 heavy (non-hydrogen) atoms. The van der Waals surface area contributed by atoms with Gasteiger partial charge in [0.2, 0.25) is 11.8 Å². The van der Waals surface area contributed by atoms with Crippen LogP contribution in [0.2, 0.25) is 10.0 Å². The average molecular weight is 435 g/mol. The molecule has 0 radical (unpaired) electrons. The van der Waals surface area contributed by atoms with Gasteiger partial charge in [-0.3, -0.25) is 9.59 Å². The number of nitrogens with one attached hydrogen (secondary N) is 1. The molecule has 0 bridgehead atoms. The van der Waals surface area contributed by atoms with Crippen molar-refractivity contribution in [2.45, 2.75) is 58.7 Å². The van der Waals surface area contributed by atoms with Crippen LogP contribution < -0.4 is 5.32 Å². The molecule has 156 valence electrons. The van der Waals surface area contributed by atoms with Gasteiger partial charge in [0, 0.05) is 29.1 Å². The van der Waals surface area contributed by atoms with Crippen molar-refractivity contribution in [3.8, 4) is 0 Å². The van der Waals surface area contributed by atoms with Crippen molar-refractivity contribution in [1.29, 1.82) is 0 Å². The van der Waals surface area contributed by atoms with E-state index in [1.54, 1.807) is 23.1 Å². The maximum Gasteiger partial charge on any atom is 0.243 e. The number of amides is 2. The van der Waals surface area contributed by atoms with E-state index in [4.69, 9.17) is 23.2 Å². The molecule has 0 aliphatic heterocycles. The lowest BCUT2D eigenvalue weighted by Gasteiger charge is -2.31. The lowest BCUT2D eigenvalue weighted by molar-refractivity contribution is -0.141. The van der Waals surface area contributed by atoms with Crippen LogP contribution >= 0.6 is 23.2 Å². The van der Waals surface area contributed by atoms with Crippen LogP contribution in [-0.2, 0) is 22.6 Å². The van der Waals surface area contributed by atoms with Gasteiger partial charge in [0.15, 0.2) is 0 Å². The monoisotopic (exact) mass is 434 g/mol. The normalized spacial score (nSPS) is 11.9. The van der Waals surface area contributed by atoms with E-state index in [0.717, 1.165) is 11.1 Å². The van der Waals surface area contributed by atoms with Crippen LogP contribution in [0.25, 0.3) is 0 Å². The molecule has 2 aromatic carbocycles. The molecule has 1 N–H and O–H groups in total. The van der Waals surface area contributed by atoms with Crippen molar-refractivity contribution < 1.29 is 9.59 Å². The Bertz CT molecular complexity index is 825. The second-order valence-electron chi connectivity index (χ2n) is 7.33. The summed E-state index contributed by atoms with van der Waals surface area (Å²) in [7, 11) is 0. The first-order chi connectivity index (χ1) is 13.8. The van der Waals surface area contributed by atoms with Crippen LogP contribution in [0.3, 0.4) is 0 Å². The van der Waals surface area contributed by atoms with Crippen molar-refractivity contribution in [3.63, 3.8) is 0 Å². The van der Waals surface area contributed by atoms with Crippen LogP contribution in [0.4, 0.5) is 0 Å². The summed E-state index contributed by atoms with van der Waals surface area (Å²) in [5.41, 5.74) is 1.85. The predicted octanol–water partition coefficient (Wildman–Crippen LogP) is 5.26. The topological polar surface area (TPSA) is 49.4 Å². The number of halogens is 2. The Morgan fingerprint density at radius 1 is 1.07 bits per heavy atom. The van der Waals surface area contributed by atoms with Gasteiger partial charge < -0.3 is 10.2 Å². The zero-order chi connectivity index (χ0) is 21.4. The van der Waals surface area contributed by atoms with Gasteiger partial charge in [-0.1, -0.05) is 66.5 Å². The molecule has 2 rings (SSSR count). The molecule has 2 aromatic rings. The van der Waals surface area contributed by atoms with Crippen molar-refractivity contribution in [3.05, 3.63) is 69.7 Å². The summed E-state index contributed by atoms with van der Waals surface area (Å²) in [6.45, 7) is 5.98. The van der Waals surface area contributed by atoms with Gasteiger partial charge >= 0.3 is 0 Å². The minimum absolute atomic E-state index is 0.00283. The van der Waals surface area contributed by atoms with Gasteiger partial charge in [0.25, 0.3) is 0 Å². The number of carbonyl (C=O) groups is 2. The minimum Gasteiger partial charge on any atom is -0.352 e. The Hall–Kier alpha value is -2.04. The maximum atomic E-state index is 13.2. The molecule has 6 heteroatoms. The number of hydrogen-bond donors (Lipinski definition) is 1. The second kappa shape index (κ2) is 11.2. The Kier molecular flexibility index (Phi) is 8.99. The number of aryl methyl sites for hydroxylation is 1. The Morgan fingerprint density at radius 3 is 2.34 bits per heavy atom. The third-order valence-corrected chi connectivity index (χ3v) is 5.23. The molecule has 0 unspecified atom stereocenters. The SMILES string of the molecule is CC[C@@H](C(=O)NC(C)C)N(Cc1ccc(Cl)cc1Cl)C(=O)CCc1ccccc1. The summed E-state index contributed by atoms with van der Waals surface area (Å²) >= 11 is 12.3. The first-order valence-corrected chi connectivity index (χ1v) is 10.6. The van der Waals surface area contributed by atoms with Gasteiger partial charge in [-0.25, -0.2) is 0 Å². The van der Waals surface area contributed by atoms with Crippen LogP contribution in [0.15, 0.2) is 48.5 Å². The molecule has 4 nitrogen and oxygen atoms in total. The standard InChI is InChI=1S/C23H28Cl2N2O2/c1-4-21(23(29)26-16(2)3)27(15-18-11-12-19(24)14-20(18)25)22(28)13-10-17-8-6-5-7-9-17/h5-9,11-12,14,16,21H,4,10,13,15H2,1-3H3,(H,26,29)/t21-/m0/s1. The molecule has 0 spiro atoms. The highest BCUT2D eigenvalue weighted by molar-refractivity contribution is 6.35. The molecular weight excluding hydrogens is 407 g/mol. The van der Waals surface area contributed by atoms with Crippen molar-refractivity contribution in [2.24, 2.45) is 0 Å². The molecule has 0 fully saturated rings. The lowest BCUT2D eigenvalue weighted by atomic mass is 10.1. The van der Waals surface area contributed by atoms with E-state index in [-0.39, 0.29) is 24.4 Å². The van der Waals surface area contributed by atoms with Crippen LogP contribution in [-0.4, -0.2) is 28.8 Å². The van der Waals surface area contributed by atoms with E-state index in [9.17, 15) is 9.59 Å². The molecule has 0 aromatic heterocycles. The van der Waals surface area contributed by atoms with E-state index in [1.165, 1.54) is 0 Å². The fourth-order valence-corrected chi connectivity index (χ4v) is 3.64. The number of nitrogens with zero attached hydrogens (tertiary/aromatic N) is 1. The van der Waals surface area contributed by atoms with E-state index in [0.29, 0.717) is 29.3 Å². The highest BCUT2D eigenvalue weighted by Crippen LogP contribution is 2.24. The number of benzene rings is 2. The molecule has 0 saturated carbocycles. The van der Waals surface area contributed by atoms with Crippen molar-refractivity contribution in [2.75, 3.05) is 0 Å². The number of hydrogen-bond acceptors (Lipinski definition) is 2. The van der Waals surface area contributed by atoms with Crippen LogP contribution in [0, 0.1) is 0 Å². The third-order valence-electron chi connectivity index (χ3n) is 4.64. The predicted molar refractivity (Wildman–Crippen MR) is 119 cm³/mol. The minimum atomic E-state index is -0.563. The summed E-state index contributed by atoms with van der Waals surface area (Å²) < 4.78 is 0. The molecule has 0 aliphatic carbocycles. The summed E-state index contributed by atoms with van der Waals surface area (Å²) in [6, 6.07) is 14.5. The van der Waals surface area contributed by atoms with Crippen molar-refractivity contribution >= 4 is 35.0 Å². The highest BCUT2D eigenvalue weighted by atomic mass is 35.5. The molecule has 0 aliphatic rings. The Labute approximate surface area is 183 Å². The Balaban J connectivity index is 2.24. The van der Waals surface area contributed by atoms with Gasteiger partial charge in [0.05, 0.1) is 0 Å². The van der Waals surface area contributed by atoms with E-state index in [2.05, 4.69) is 5.32 Å². The first kappa shape index (κ1) is 23.2. The zero-order valence-electron chi connectivity index (χ0n) is 17.1. The van der Waals surface area contributed by atoms with Gasteiger partial charge in [-0.15, -0.1) is 0 Å². The van der Waals surface area contributed by atoms with Crippen molar-refractivity contribution in [1.82, 2.24) is 10.2 Å². The molecule has 2 amide bonds. The highest BCUT2D eigenvalue weighted by Gasteiger charge is 2.29. The van der Waals surface area contributed by atoms with E-state index in [1.807, 2.05) is 51.1 Å². The molecule has 0 heterocycles. The fraction of sp³-hybridized carbons (Fsp3) is 0.391. The summed E-state index contributed by atoms with van der Waals surface area (Å²) in [5, 5.41) is 3.94. The van der Waals surface area contributed by atoms with Gasteiger partial charge in [0.1, 0.15) is 6.04 Å².